The Kier molecular flexibility index (Phi) is 3.59. The van der Waals surface area contributed by atoms with Crippen molar-refractivity contribution in [1.82, 2.24) is 14.8 Å². The van der Waals surface area contributed by atoms with Crippen LogP contribution in [0.4, 0.5) is 17.6 Å². The lowest BCUT2D eigenvalue weighted by molar-refractivity contribution is -0.143. The smallest absolute Gasteiger partial charge is 0.374 e. The first-order valence-corrected chi connectivity index (χ1v) is 7.82. The van der Waals surface area contributed by atoms with E-state index in [1.54, 1.807) is 0 Å². The number of fused-ring (bicyclic) bond motifs is 2. The van der Waals surface area contributed by atoms with E-state index in [2.05, 4.69) is 10.1 Å². The second-order valence-electron chi connectivity index (χ2n) is 6.29. The van der Waals surface area contributed by atoms with Crippen LogP contribution in [0, 0.1) is 5.82 Å². The van der Waals surface area contributed by atoms with Crippen LogP contribution in [-0.2, 0) is 11.3 Å². The molecule has 0 spiro atoms. The van der Waals surface area contributed by atoms with Gasteiger partial charge < -0.3 is 4.74 Å². The maximum atomic E-state index is 13.0. The van der Waals surface area contributed by atoms with Crippen LogP contribution in [0.5, 0.6) is 0 Å². The highest BCUT2D eigenvalue weighted by Crippen LogP contribution is 2.44. The van der Waals surface area contributed by atoms with Crippen molar-refractivity contribution in [3.05, 3.63) is 35.9 Å². The van der Waals surface area contributed by atoms with Crippen LogP contribution in [0.1, 0.15) is 31.0 Å². The molecule has 2 fully saturated rings. The molecule has 2 aliphatic heterocycles. The SMILES string of the molecule is Fc1ccc(-c2nc([C@@H]3C[C@@H]4CC[C@H]3O4)n(CC(F)(F)F)n2)cc1. The van der Waals surface area contributed by atoms with Crippen molar-refractivity contribution in [2.24, 2.45) is 0 Å². The summed E-state index contributed by atoms with van der Waals surface area (Å²) in [6, 6.07) is 5.40. The van der Waals surface area contributed by atoms with E-state index in [-0.39, 0.29) is 24.0 Å². The normalized spacial score (nSPS) is 26.2. The van der Waals surface area contributed by atoms with Crippen LogP contribution in [0.15, 0.2) is 24.3 Å². The molecule has 0 radical (unpaired) electrons. The monoisotopic (exact) mass is 341 g/mol. The molecule has 0 amide bonds. The molecule has 3 heterocycles. The Hall–Kier alpha value is -1.96. The van der Waals surface area contributed by atoms with Crippen molar-refractivity contribution in [3.63, 3.8) is 0 Å². The summed E-state index contributed by atoms with van der Waals surface area (Å²) in [5.74, 6) is -0.112. The van der Waals surface area contributed by atoms with Gasteiger partial charge in [0.1, 0.15) is 18.2 Å². The Morgan fingerprint density at radius 1 is 1.17 bits per heavy atom. The highest BCUT2D eigenvalue weighted by atomic mass is 19.4. The number of alkyl halides is 3. The zero-order valence-electron chi connectivity index (χ0n) is 12.6. The number of hydrogen-bond donors (Lipinski definition) is 0. The fraction of sp³-hybridized carbons (Fsp3) is 0.500. The molecule has 24 heavy (non-hydrogen) atoms. The van der Waals surface area contributed by atoms with E-state index in [0.29, 0.717) is 17.8 Å². The van der Waals surface area contributed by atoms with Crippen molar-refractivity contribution in [2.75, 3.05) is 0 Å². The van der Waals surface area contributed by atoms with Crippen molar-refractivity contribution in [3.8, 4) is 11.4 Å². The zero-order chi connectivity index (χ0) is 16.9. The molecule has 0 saturated carbocycles. The van der Waals surface area contributed by atoms with Crippen LogP contribution in [0.25, 0.3) is 11.4 Å². The second-order valence-corrected chi connectivity index (χ2v) is 6.29. The van der Waals surface area contributed by atoms with E-state index in [1.165, 1.54) is 24.3 Å². The van der Waals surface area contributed by atoms with Gasteiger partial charge in [-0.25, -0.2) is 14.1 Å². The molecule has 2 bridgehead atoms. The largest absolute Gasteiger partial charge is 0.408 e. The minimum Gasteiger partial charge on any atom is -0.374 e. The molecule has 0 unspecified atom stereocenters. The first-order chi connectivity index (χ1) is 11.4. The zero-order valence-corrected chi connectivity index (χ0v) is 12.6. The third-order valence-electron chi connectivity index (χ3n) is 4.57. The molecule has 128 valence electrons. The average Bonchev–Trinajstić information content (AvgIpc) is 3.21. The van der Waals surface area contributed by atoms with Crippen LogP contribution < -0.4 is 0 Å². The molecule has 3 atom stereocenters. The summed E-state index contributed by atoms with van der Waals surface area (Å²) in [4.78, 5) is 4.34. The topological polar surface area (TPSA) is 39.9 Å². The molecule has 0 N–H and O–H groups in total. The van der Waals surface area contributed by atoms with Crippen LogP contribution in [0.3, 0.4) is 0 Å². The van der Waals surface area contributed by atoms with Crippen LogP contribution in [-0.4, -0.2) is 33.1 Å². The maximum absolute atomic E-state index is 13.0. The summed E-state index contributed by atoms with van der Waals surface area (Å²) < 4.78 is 58.4. The minimum absolute atomic E-state index is 0.0905. The fourth-order valence-corrected chi connectivity index (χ4v) is 3.55. The summed E-state index contributed by atoms with van der Waals surface area (Å²) >= 11 is 0. The maximum Gasteiger partial charge on any atom is 0.408 e. The van der Waals surface area contributed by atoms with Gasteiger partial charge in [-0.3, -0.25) is 0 Å². The third kappa shape index (κ3) is 2.90. The fourth-order valence-electron chi connectivity index (χ4n) is 3.55. The van der Waals surface area contributed by atoms with Crippen molar-refractivity contribution in [2.45, 2.75) is 50.1 Å². The molecule has 4 nitrogen and oxygen atoms in total. The molecule has 8 heteroatoms. The highest BCUT2D eigenvalue weighted by Gasteiger charge is 2.44. The lowest BCUT2D eigenvalue weighted by Gasteiger charge is -2.18. The van der Waals surface area contributed by atoms with Gasteiger partial charge in [0.25, 0.3) is 0 Å². The van der Waals surface area contributed by atoms with E-state index < -0.39 is 18.5 Å². The van der Waals surface area contributed by atoms with Gasteiger partial charge in [0.05, 0.1) is 12.2 Å². The molecule has 2 aromatic rings. The standard InChI is InChI=1S/C16H15F4N3O/c17-10-3-1-9(2-4-10)14-21-15(23(22-14)8-16(18,19)20)12-7-11-5-6-13(12)24-11/h1-4,11-13H,5-8H2/t11-,12+,13+/m0/s1. The quantitative estimate of drug-likeness (QED) is 0.800. The first-order valence-electron chi connectivity index (χ1n) is 7.82. The van der Waals surface area contributed by atoms with Gasteiger partial charge in [-0.05, 0) is 43.5 Å². The van der Waals surface area contributed by atoms with E-state index >= 15 is 0 Å². The van der Waals surface area contributed by atoms with Crippen LogP contribution >= 0.6 is 0 Å². The van der Waals surface area contributed by atoms with E-state index in [0.717, 1.165) is 17.5 Å². The first kappa shape index (κ1) is 15.6. The molecule has 4 rings (SSSR count). The lowest BCUT2D eigenvalue weighted by atomic mass is 9.88. The Morgan fingerprint density at radius 3 is 2.50 bits per heavy atom. The summed E-state index contributed by atoms with van der Waals surface area (Å²) in [5.41, 5.74) is 0.489. The number of rotatable bonds is 3. The number of nitrogens with zero attached hydrogens (tertiary/aromatic N) is 3. The van der Waals surface area contributed by atoms with Gasteiger partial charge in [-0.1, -0.05) is 0 Å². The average molecular weight is 341 g/mol. The number of benzene rings is 1. The van der Waals surface area contributed by atoms with E-state index in [9.17, 15) is 17.6 Å². The van der Waals surface area contributed by atoms with Crippen molar-refractivity contribution >= 4 is 0 Å². The Bertz CT molecular complexity index is 741. The van der Waals surface area contributed by atoms with Gasteiger partial charge in [0, 0.05) is 11.5 Å². The third-order valence-corrected chi connectivity index (χ3v) is 4.57. The van der Waals surface area contributed by atoms with Gasteiger partial charge in [-0.2, -0.15) is 18.3 Å². The summed E-state index contributed by atoms with van der Waals surface area (Å²) in [7, 11) is 0. The molecule has 1 aromatic carbocycles. The van der Waals surface area contributed by atoms with E-state index in [4.69, 9.17) is 4.74 Å². The van der Waals surface area contributed by atoms with Crippen LogP contribution in [0.2, 0.25) is 0 Å². The van der Waals surface area contributed by atoms with Crippen molar-refractivity contribution in [1.29, 1.82) is 0 Å². The lowest BCUT2D eigenvalue weighted by Crippen LogP contribution is -2.25. The van der Waals surface area contributed by atoms with Gasteiger partial charge in [0.15, 0.2) is 5.82 Å². The number of aromatic nitrogens is 3. The van der Waals surface area contributed by atoms with Gasteiger partial charge in [-0.15, -0.1) is 0 Å². The summed E-state index contributed by atoms with van der Waals surface area (Å²) in [6.07, 6.45) is -1.93. The van der Waals surface area contributed by atoms with Crippen molar-refractivity contribution < 1.29 is 22.3 Å². The Balaban J connectivity index is 1.71. The van der Waals surface area contributed by atoms with Gasteiger partial charge >= 0.3 is 6.18 Å². The van der Waals surface area contributed by atoms with E-state index in [1.807, 2.05) is 0 Å². The minimum atomic E-state index is -4.39. The molecule has 1 aromatic heterocycles. The second kappa shape index (κ2) is 5.54. The Morgan fingerprint density at radius 2 is 1.92 bits per heavy atom. The highest BCUT2D eigenvalue weighted by molar-refractivity contribution is 5.54. The summed E-state index contributed by atoms with van der Waals surface area (Å²) in [5, 5.41) is 4.03. The molecule has 0 aliphatic carbocycles. The predicted octanol–water partition coefficient (Wildman–Crippen LogP) is 3.68. The molecule has 2 aliphatic rings. The van der Waals surface area contributed by atoms with Gasteiger partial charge in [0.2, 0.25) is 0 Å². The number of hydrogen-bond acceptors (Lipinski definition) is 3. The summed E-state index contributed by atoms with van der Waals surface area (Å²) in [6.45, 7) is -1.19. The Labute approximate surface area is 135 Å². The number of halogens is 4. The number of ether oxygens (including phenoxy) is 1. The molecule has 2 saturated heterocycles. The molecular weight excluding hydrogens is 326 g/mol. The predicted molar refractivity (Wildman–Crippen MR) is 76.7 cm³/mol. The molecular formula is C16H15F4N3O.